The number of hydrogen-bond acceptors (Lipinski definition) is 4. The Balaban J connectivity index is 1.91. The molecule has 1 aromatic heterocycles. The monoisotopic (exact) mass is 372 g/mol. The molecule has 0 atom stereocenters. The summed E-state index contributed by atoms with van der Waals surface area (Å²) in [6.45, 7) is 3.62. The van der Waals surface area contributed by atoms with Crippen LogP contribution in [0.5, 0.6) is 0 Å². The van der Waals surface area contributed by atoms with Crippen LogP contribution in [-0.2, 0) is 13.1 Å². The molecule has 1 heterocycles. The van der Waals surface area contributed by atoms with E-state index >= 15 is 0 Å². The number of hydrogen-bond donors (Lipinski definition) is 2. The van der Waals surface area contributed by atoms with Crippen LogP contribution in [-0.4, -0.2) is 26.7 Å². The van der Waals surface area contributed by atoms with Gasteiger partial charge < -0.3 is 10.4 Å². The molecular weight excluding hydrogens is 355 g/mol. The molecule has 102 valence electrons. The molecule has 0 unspecified atom stereocenters. The first kappa shape index (κ1) is 14.3. The predicted molar refractivity (Wildman–Crippen MR) is 82.9 cm³/mol. The van der Waals surface area contributed by atoms with Gasteiger partial charge in [-0.3, -0.25) is 4.68 Å². The molecule has 6 heteroatoms. The van der Waals surface area contributed by atoms with E-state index in [9.17, 15) is 0 Å². The van der Waals surface area contributed by atoms with Gasteiger partial charge in [-0.2, -0.15) is 0 Å². The van der Waals surface area contributed by atoms with Crippen molar-refractivity contribution in [2.24, 2.45) is 0 Å². The zero-order valence-electron chi connectivity index (χ0n) is 10.8. The van der Waals surface area contributed by atoms with Crippen LogP contribution in [0.4, 0.5) is 5.69 Å². The maximum absolute atomic E-state index is 8.76. The molecule has 1 aromatic carbocycles. The molecule has 0 saturated carbocycles. The number of aliphatic hydroxyl groups is 1. The van der Waals surface area contributed by atoms with Gasteiger partial charge in [0.15, 0.2) is 0 Å². The Hall–Kier alpha value is -1.15. The van der Waals surface area contributed by atoms with Gasteiger partial charge in [-0.05, 0) is 53.6 Å². The van der Waals surface area contributed by atoms with E-state index in [0.29, 0.717) is 19.5 Å². The van der Waals surface area contributed by atoms with Gasteiger partial charge in [0.1, 0.15) is 5.69 Å². The summed E-state index contributed by atoms with van der Waals surface area (Å²) in [7, 11) is 0. The molecular formula is C13H17IN4O. The molecule has 2 aromatic rings. The lowest BCUT2D eigenvalue weighted by molar-refractivity contribution is 0.276. The van der Waals surface area contributed by atoms with Crippen LogP contribution in [0.2, 0.25) is 0 Å². The Kier molecular flexibility index (Phi) is 5.15. The van der Waals surface area contributed by atoms with E-state index in [4.69, 9.17) is 5.11 Å². The molecule has 0 aliphatic heterocycles. The maximum atomic E-state index is 8.76. The fourth-order valence-electron chi connectivity index (χ4n) is 1.66. The second-order valence-corrected chi connectivity index (χ2v) is 5.53. The van der Waals surface area contributed by atoms with Crippen LogP contribution in [0.25, 0.3) is 0 Å². The highest BCUT2D eigenvalue weighted by Crippen LogP contribution is 2.17. The highest BCUT2D eigenvalue weighted by molar-refractivity contribution is 14.1. The SMILES string of the molecule is Cc1ccc(NCc2cn(CCCO)nn2)cc1I. The number of aryl methyl sites for hydroxylation is 2. The van der Waals surface area contributed by atoms with Gasteiger partial charge in [0.2, 0.25) is 0 Å². The third-order valence-electron chi connectivity index (χ3n) is 2.78. The third kappa shape index (κ3) is 4.17. The molecule has 0 saturated heterocycles. The second-order valence-electron chi connectivity index (χ2n) is 4.37. The van der Waals surface area contributed by atoms with Crippen molar-refractivity contribution in [2.45, 2.75) is 26.4 Å². The Morgan fingerprint density at radius 3 is 3.00 bits per heavy atom. The Bertz CT molecular complexity index is 541. The van der Waals surface area contributed by atoms with Crippen molar-refractivity contribution in [3.05, 3.63) is 39.2 Å². The smallest absolute Gasteiger partial charge is 0.102 e. The highest BCUT2D eigenvalue weighted by atomic mass is 127. The number of aromatic nitrogens is 3. The first-order valence-electron chi connectivity index (χ1n) is 6.19. The number of halogens is 1. The number of aliphatic hydroxyl groups excluding tert-OH is 1. The lowest BCUT2D eigenvalue weighted by atomic mass is 10.2. The molecule has 0 aliphatic carbocycles. The van der Waals surface area contributed by atoms with Crippen LogP contribution >= 0.6 is 22.6 Å². The number of rotatable bonds is 6. The van der Waals surface area contributed by atoms with E-state index in [1.807, 2.05) is 6.20 Å². The standard InChI is InChI=1S/C13H17IN4O/c1-10-3-4-11(7-13(10)14)15-8-12-9-18(17-16-12)5-2-6-19/h3-4,7,9,15,19H,2,5-6,8H2,1H3. The average molecular weight is 372 g/mol. The molecule has 5 nitrogen and oxygen atoms in total. The molecule has 0 bridgehead atoms. The molecule has 0 fully saturated rings. The van der Waals surface area contributed by atoms with Gasteiger partial charge in [0, 0.05) is 22.4 Å². The molecule has 19 heavy (non-hydrogen) atoms. The molecule has 0 spiro atoms. The number of anilines is 1. The second kappa shape index (κ2) is 6.85. The summed E-state index contributed by atoms with van der Waals surface area (Å²) in [5.74, 6) is 0. The van der Waals surface area contributed by atoms with Crippen molar-refractivity contribution in [3.63, 3.8) is 0 Å². The topological polar surface area (TPSA) is 63.0 Å². The number of nitrogens with zero attached hydrogens (tertiary/aromatic N) is 3. The van der Waals surface area contributed by atoms with Crippen molar-refractivity contribution in [1.82, 2.24) is 15.0 Å². The zero-order chi connectivity index (χ0) is 13.7. The van der Waals surface area contributed by atoms with Crippen LogP contribution in [0.15, 0.2) is 24.4 Å². The normalized spacial score (nSPS) is 10.7. The number of benzene rings is 1. The summed E-state index contributed by atoms with van der Waals surface area (Å²) in [5.41, 5.74) is 3.26. The van der Waals surface area contributed by atoms with Gasteiger partial charge in [0.05, 0.1) is 12.7 Å². The van der Waals surface area contributed by atoms with E-state index in [-0.39, 0.29) is 6.61 Å². The van der Waals surface area contributed by atoms with Crippen LogP contribution in [0.3, 0.4) is 0 Å². The van der Waals surface area contributed by atoms with E-state index in [1.54, 1.807) is 4.68 Å². The van der Waals surface area contributed by atoms with Gasteiger partial charge in [0.25, 0.3) is 0 Å². The van der Waals surface area contributed by atoms with Gasteiger partial charge >= 0.3 is 0 Å². The van der Waals surface area contributed by atoms with Crippen molar-refractivity contribution < 1.29 is 5.11 Å². The van der Waals surface area contributed by atoms with Gasteiger partial charge in [-0.15, -0.1) is 5.10 Å². The minimum atomic E-state index is 0.176. The van der Waals surface area contributed by atoms with Crippen molar-refractivity contribution in [2.75, 3.05) is 11.9 Å². The first-order chi connectivity index (χ1) is 9.19. The fraction of sp³-hybridized carbons (Fsp3) is 0.385. The summed E-state index contributed by atoms with van der Waals surface area (Å²) in [6.07, 6.45) is 2.61. The molecule has 0 amide bonds. The predicted octanol–water partition coefficient (Wildman–Crippen LogP) is 2.19. The fourth-order valence-corrected chi connectivity index (χ4v) is 2.17. The summed E-state index contributed by atoms with van der Waals surface area (Å²) < 4.78 is 3.00. The van der Waals surface area contributed by atoms with Crippen molar-refractivity contribution in [3.8, 4) is 0 Å². The molecule has 2 N–H and O–H groups in total. The lowest BCUT2D eigenvalue weighted by Crippen LogP contribution is -2.01. The summed E-state index contributed by atoms with van der Waals surface area (Å²) in [5, 5.41) is 20.2. The van der Waals surface area contributed by atoms with E-state index in [0.717, 1.165) is 11.4 Å². The quantitative estimate of drug-likeness (QED) is 0.764. The molecule has 2 rings (SSSR count). The number of nitrogens with one attached hydrogen (secondary N) is 1. The Morgan fingerprint density at radius 1 is 1.42 bits per heavy atom. The van der Waals surface area contributed by atoms with E-state index in [1.165, 1.54) is 9.13 Å². The van der Waals surface area contributed by atoms with Crippen molar-refractivity contribution in [1.29, 1.82) is 0 Å². The van der Waals surface area contributed by atoms with Crippen LogP contribution in [0.1, 0.15) is 17.7 Å². The Labute approximate surface area is 126 Å². The molecule has 0 aliphatic rings. The minimum Gasteiger partial charge on any atom is -0.396 e. The average Bonchev–Trinajstić information content (AvgIpc) is 2.86. The largest absolute Gasteiger partial charge is 0.396 e. The lowest BCUT2D eigenvalue weighted by Gasteiger charge is -2.06. The summed E-state index contributed by atoms with van der Waals surface area (Å²) >= 11 is 2.33. The maximum Gasteiger partial charge on any atom is 0.102 e. The van der Waals surface area contributed by atoms with Crippen molar-refractivity contribution >= 4 is 28.3 Å². The molecule has 0 radical (unpaired) electrons. The summed E-state index contributed by atoms with van der Waals surface area (Å²) in [6, 6.07) is 6.28. The minimum absolute atomic E-state index is 0.176. The van der Waals surface area contributed by atoms with Crippen LogP contribution in [0, 0.1) is 10.5 Å². The summed E-state index contributed by atoms with van der Waals surface area (Å²) in [4.78, 5) is 0. The van der Waals surface area contributed by atoms with E-state index in [2.05, 4.69) is 63.3 Å². The first-order valence-corrected chi connectivity index (χ1v) is 7.27. The van der Waals surface area contributed by atoms with Gasteiger partial charge in [-0.25, -0.2) is 0 Å². The third-order valence-corrected chi connectivity index (χ3v) is 3.94. The van der Waals surface area contributed by atoms with E-state index < -0.39 is 0 Å². The van der Waals surface area contributed by atoms with Gasteiger partial charge in [-0.1, -0.05) is 11.3 Å². The van der Waals surface area contributed by atoms with Crippen LogP contribution < -0.4 is 5.32 Å². The Morgan fingerprint density at radius 2 is 2.26 bits per heavy atom. The zero-order valence-corrected chi connectivity index (χ0v) is 13.0. The highest BCUT2D eigenvalue weighted by Gasteiger charge is 2.02.